The van der Waals surface area contributed by atoms with E-state index in [1.165, 1.54) is 11.3 Å². The summed E-state index contributed by atoms with van der Waals surface area (Å²) in [5.41, 5.74) is 1.13. The summed E-state index contributed by atoms with van der Waals surface area (Å²) in [6.45, 7) is 1.99. The third-order valence-electron chi connectivity index (χ3n) is 1.94. The van der Waals surface area contributed by atoms with Gasteiger partial charge in [-0.3, -0.25) is 0 Å². The van der Waals surface area contributed by atoms with Gasteiger partial charge in [-0.25, -0.2) is 4.79 Å². The minimum absolute atomic E-state index is 0.381. The van der Waals surface area contributed by atoms with Crippen LogP contribution < -0.4 is 0 Å². The number of thiophene rings is 1. The molecular formula is C10H7BrO2S. The molecule has 2 rings (SSSR count). The molecule has 0 saturated carbocycles. The van der Waals surface area contributed by atoms with Crippen LogP contribution in [-0.4, -0.2) is 11.1 Å². The molecule has 0 fully saturated rings. The molecule has 0 amide bonds. The lowest BCUT2D eigenvalue weighted by Gasteiger charge is -1.95. The van der Waals surface area contributed by atoms with Gasteiger partial charge in [0.1, 0.15) is 4.88 Å². The molecule has 0 aliphatic heterocycles. The van der Waals surface area contributed by atoms with Crippen molar-refractivity contribution in [3.63, 3.8) is 0 Å². The Labute approximate surface area is 93.3 Å². The van der Waals surface area contributed by atoms with Crippen molar-refractivity contribution >= 4 is 43.3 Å². The summed E-state index contributed by atoms with van der Waals surface area (Å²) in [6, 6.07) is 5.68. The van der Waals surface area contributed by atoms with Crippen LogP contribution in [0.15, 0.2) is 22.7 Å². The molecule has 0 aliphatic carbocycles. The third kappa shape index (κ3) is 1.55. The van der Waals surface area contributed by atoms with Crippen molar-refractivity contribution in [2.45, 2.75) is 6.92 Å². The first kappa shape index (κ1) is 9.68. The molecule has 1 aromatic carbocycles. The summed E-state index contributed by atoms with van der Waals surface area (Å²) in [7, 11) is 0. The number of rotatable bonds is 1. The van der Waals surface area contributed by atoms with E-state index >= 15 is 0 Å². The quantitative estimate of drug-likeness (QED) is 0.859. The zero-order valence-corrected chi connectivity index (χ0v) is 9.78. The van der Waals surface area contributed by atoms with E-state index in [-0.39, 0.29) is 0 Å². The van der Waals surface area contributed by atoms with Crippen molar-refractivity contribution in [1.29, 1.82) is 0 Å². The number of benzene rings is 1. The van der Waals surface area contributed by atoms with E-state index in [1.54, 1.807) is 6.07 Å². The van der Waals surface area contributed by atoms with E-state index in [9.17, 15) is 4.79 Å². The minimum atomic E-state index is -0.865. The standard InChI is InChI=1S/C10H7BrO2S/c1-5-2-7(11)6-4-9(10(12)13)14-8(6)3-5/h2-4H,1H3,(H,12,13). The van der Waals surface area contributed by atoms with E-state index in [0.29, 0.717) is 4.88 Å². The van der Waals surface area contributed by atoms with Gasteiger partial charge < -0.3 is 5.11 Å². The van der Waals surface area contributed by atoms with Crippen LogP contribution in [-0.2, 0) is 0 Å². The Balaban J connectivity index is 2.76. The van der Waals surface area contributed by atoms with Crippen molar-refractivity contribution < 1.29 is 9.90 Å². The summed E-state index contributed by atoms with van der Waals surface area (Å²) in [5.74, 6) is -0.865. The van der Waals surface area contributed by atoms with Crippen molar-refractivity contribution in [2.75, 3.05) is 0 Å². The monoisotopic (exact) mass is 270 g/mol. The zero-order valence-electron chi connectivity index (χ0n) is 7.37. The summed E-state index contributed by atoms with van der Waals surface area (Å²) in [5, 5.41) is 9.81. The summed E-state index contributed by atoms with van der Waals surface area (Å²) >= 11 is 4.73. The van der Waals surface area contributed by atoms with E-state index in [1.807, 2.05) is 19.1 Å². The molecule has 0 spiro atoms. The lowest BCUT2D eigenvalue weighted by Crippen LogP contribution is -1.89. The molecule has 4 heteroatoms. The SMILES string of the molecule is Cc1cc(Br)c2cc(C(=O)O)sc2c1. The minimum Gasteiger partial charge on any atom is -0.477 e. The van der Waals surface area contributed by atoms with Crippen LogP contribution in [0.4, 0.5) is 0 Å². The fourth-order valence-electron chi connectivity index (χ4n) is 1.33. The van der Waals surface area contributed by atoms with Crippen LogP contribution in [0, 0.1) is 6.92 Å². The molecule has 0 saturated heterocycles. The highest BCUT2D eigenvalue weighted by atomic mass is 79.9. The van der Waals surface area contributed by atoms with Crippen LogP contribution in [0.5, 0.6) is 0 Å². The van der Waals surface area contributed by atoms with Gasteiger partial charge in [0.2, 0.25) is 0 Å². The van der Waals surface area contributed by atoms with Crippen LogP contribution in [0.25, 0.3) is 10.1 Å². The van der Waals surface area contributed by atoms with Gasteiger partial charge in [-0.15, -0.1) is 11.3 Å². The summed E-state index contributed by atoms with van der Waals surface area (Å²) < 4.78 is 1.96. The van der Waals surface area contributed by atoms with Crippen LogP contribution >= 0.6 is 27.3 Å². The summed E-state index contributed by atoms with van der Waals surface area (Å²) in [6.07, 6.45) is 0. The van der Waals surface area contributed by atoms with Gasteiger partial charge >= 0.3 is 5.97 Å². The van der Waals surface area contributed by atoms with Gasteiger partial charge in [0.05, 0.1) is 0 Å². The highest BCUT2D eigenvalue weighted by Gasteiger charge is 2.10. The van der Waals surface area contributed by atoms with E-state index in [0.717, 1.165) is 20.1 Å². The molecule has 2 nitrogen and oxygen atoms in total. The van der Waals surface area contributed by atoms with Gasteiger partial charge in [-0.05, 0) is 30.7 Å². The lowest BCUT2D eigenvalue weighted by molar-refractivity contribution is 0.0702. The number of fused-ring (bicyclic) bond motifs is 1. The Morgan fingerprint density at radius 3 is 2.79 bits per heavy atom. The molecule has 0 bridgehead atoms. The average Bonchev–Trinajstić information content (AvgIpc) is 2.47. The van der Waals surface area contributed by atoms with Crippen molar-refractivity contribution in [2.24, 2.45) is 0 Å². The average molecular weight is 271 g/mol. The Hall–Kier alpha value is -0.870. The van der Waals surface area contributed by atoms with Crippen molar-refractivity contribution in [3.8, 4) is 0 Å². The normalized spacial score (nSPS) is 10.7. The molecule has 0 radical (unpaired) electrons. The number of halogens is 1. The highest BCUT2D eigenvalue weighted by molar-refractivity contribution is 9.10. The first-order chi connectivity index (χ1) is 6.58. The number of aromatic carboxylic acids is 1. The predicted molar refractivity (Wildman–Crippen MR) is 61.2 cm³/mol. The van der Waals surface area contributed by atoms with Crippen molar-refractivity contribution in [3.05, 3.63) is 33.1 Å². The molecular weight excluding hydrogens is 264 g/mol. The second-order valence-corrected chi connectivity index (χ2v) is 5.01. The summed E-state index contributed by atoms with van der Waals surface area (Å²) in [4.78, 5) is 11.1. The maximum absolute atomic E-state index is 10.8. The fraction of sp³-hybridized carbons (Fsp3) is 0.100. The highest BCUT2D eigenvalue weighted by Crippen LogP contribution is 2.32. The second-order valence-electron chi connectivity index (χ2n) is 3.07. The first-order valence-corrected chi connectivity index (χ1v) is 5.62. The van der Waals surface area contributed by atoms with E-state index < -0.39 is 5.97 Å². The van der Waals surface area contributed by atoms with Gasteiger partial charge in [-0.1, -0.05) is 15.9 Å². The molecule has 1 aromatic heterocycles. The maximum atomic E-state index is 10.8. The van der Waals surface area contributed by atoms with Crippen LogP contribution in [0.2, 0.25) is 0 Å². The topological polar surface area (TPSA) is 37.3 Å². The Bertz CT molecular complexity index is 516. The number of hydrogen-bond acceptors (Lipinski definition) is 2. The lowest BCUT2D eigenvalue weighted by atomic mass is 10.2. The third-order valence-corrected chi connectivity index (χ3v) is 3.67. The van der Waals surface area contributed by atoms with Gasteiger partial charge in [0.15, 0.2) is 0 Å². The molecule has 0 aliphatic rings. The van der Waals surface area contributed by atoms with Gasteiger partial charge in [0, 0.05) is 14.6 Å². The number of carbonyl (C=O) groups is 1. The van der Waals surface area contributed by atoms with Gasteiger partial charge in [-0.2, -0.15) is 0 Å². The molecule has 1 heterocycles. The molecule has 0 atom stereocenters. The number of carboxylic acids is 1. The first-order valence-electron chi connectivity index (χ1n) is 4.01. The Morgan fingerprint density at radius 2 is 2.14 bits per heavy atom. The van der Waals surface area contributed by atoms with Crippen LogP contribution in [0.1, 0.15) is 15.2 Å². The fourth-order valence-corrected chi connectivity index (χ4v) is 3.18. The number of hydrogen-bond donors (Lipinski definition) is 1. The molecule has 0 unspecified atom stereocenters. The maximum Gasteiger partial charge on any atom is 0.345 e. The number of carboxylic acid groups (broad SMARTS) is 1. The van der Waals surface area contributed by atoms with Gasteiger partial charge in [0.25, 0.3) is 0 Å². The molecule has 72 valence electrons. The van der Waals surface area contributed by atoms with Crippen molar-refractivity contribution in [1.82, 2.24) is 0 Å². The smallest absolute Gasteiger partial charge is 0.345 e. The Kier molecular flexibility index (Phi) is 2.33. The second kappa shape index (κ2) is 3.37. The van der Waals surface area contributed by atoms with Crippen LogP contribution in [0.3, 0.4) is 0 Å². The zero-order chi connectivity index (χ0) is 10.3. The molecule has 2 aromatic rings. The molecule has 1 N–H and O–H groups in total. The predicted octanol–water partition coefficient (Wildman–Crippen LogP) is 3.67. The number of aryl methyl sites for hydroxylation is 1. The molecule has 14 heavy (non-hydrogen) atoms. The van der Waals surface area contributed by atoms with E-state index in [4.69, 9.17) is 5.11 Å². The Morgan fingerprint density at radius 1 is 1.43 bits per heavy atom. The largest absolute Gasteiger partial charge is 0.477 e. The van der Waals surface area contributed by atoms with E-state index in [2.05, 4.69) is 15.9 Å².